The number of para-hydroxylation sites is 1. The first-order valence-corrected chi connectivity index (χ1v) is 8.79. The molecule has 2 aromatic carbocycles. The van der Waals surface area contributed by atoms with Gasteiger partial charge in [0.05, 0.1) is 6.26 Å². The second-order valence-corrected chi connectivity index (χ2v) is 6.29. The highest BCUT2D eigenvalue weighted by molar-refractivity contribution is 6.02. The number of benzene rings is 2. The molecule has 26 heavy (non-hydrogen) atoms. The fourth-order valence-corrected chi connectivity index (χ4v) is 3.22. The summed E-state index contributed by atoms with van der Waals surface area (Å²) in [4.78, 5) is 16.8. The Labute approximate surface area is 152 Å². The van der Waals surface area contributed by atoms with Crippen molar-refractivity contribution in [2.24, 2.45) is 0 Å². The van der Waals surface area contributed by atoms with E-state index in [1.54, 1.807) is 12.1 Å². The average molecular weight is 347 g/mol. The fourth-order valence-electron chi connectivity index (χ4n) is 3.22. The van der Waals surface area contributed by atoms with Crippen molar-refractivity contribution in [3.63, 3.8) is 0 Å². The Bertz CT molecular complexity index is 837. The molecule has 4 rings (SSSR count). The van der Waals surface area contributed by atoms with Gasteiger partial charge in [-0.3, -0.25) is 4.79 Å². The van der Waals surface area contributed by atoms with Crippen LogP contribution in [0.4, 0.5) is 17.1 Å². The summed E-state index contributed by atoms with van der Waals surface area (Å²) in [5.74, 6) is 0.0744. The molecule has 132 valence electrons. The molecular formula is C21H21N3O2. The van der Waals surface area contributed by atoms with Crippen molar-refractivity contribution in [1.29, 1.82) is 0 Å². The summed E-state index contributed by atoms with van der Waals surface area (Å²) >= 11 is 0. The van der Waals surface area contributed by atoms with Crippen molar-refractivity contribution in [2.45, 2.75) is 0 Å². The Balaban J connectivity index is 1.35. The second kappa shape index (κ2) is 7.35. The lowest BCUT2D eigenvalue weighted by Crippen LogP contribution is -2.46. The summed E-state index contributed by atoms with van der Waals surface area (Å²) in [6, 6.07) is 21.8. The maximum atomic E-state index is 12.0. The van der Waals surface area contributed by atoms with Crippen molar-refractivity contribution in [3.05, 3.63) is 78.8 Å². The second-order valence-electron chi connectivity index (χ2n) is 6.29. The third kappa shape index (κ3) is 3.57. The number of nitrogens with zero attached hydrogens (tertiary/aromatic N) is 2. The lowest BCUT2D eigenvalue weighted by atomic mass is 10.2. The van der Waals surface area contributed by atoms with Gasteiger partial charge >= 0.3 is 0 Å². The van der Waals surface area contributed by atoms with Gasteiger partial charge in [0.15, 0.2) is 5.76 Å². The number of piperazine rings is 1. The summed E-state index contributed by atoms with van der Waals surface area (Å²) in [6.07, 6.45) is 1.49. The highest BCUT2D eigenvalue weighted by Crippen LogP contribution is 2.22. The first-order chi connectivity index (χ1) is 12.8. The molecule has 0 aliphatic carbocycles. The zero-order chi connectivity index (χ0) is 17.8. The third-order valence-corrected chi connectivity index (χ3v) is 4.64. The summed E-state index contributed by atoms with van der Waals surface area (Å²) in [5, 5.41) is 2.84. The molecule has 1 aromatic heterocycles. The summed E-state index contributed by atoms with van der Waals surface area (Å²) < 4.78 is 5.11. The first kappa shape index (κ1) is 16.3. The van der Waals surface area contributed by atoms with E-state index in [2.05, 4.69) is 51.5 Å². The molecule has 0 saturated carbocycles. The van der Waals surface area contributed by atoms with Gasteiger partial charge in [0.1, 0.15) is 0 Å². The fraction of sp³-hybridized carbons (Fsp3) is 0.190. The van der Waals surface area contributed by atoms with Gasteiger partial charge in [-0.05, 0) is 48.5 Å². The molecule has 3 aromatic rings. The molecule has 0 radical (unpaired) electrons. The molecule has 0 bridgehead atoms. The number of rotatable bonds is 4. The molecule has 0 spiro atoms. The Hall–Kier alpha value is -3.21. The number of amides is 1. The molecule has 0 atom stereocenters. The zero-order valence-corrected chi connectivity index (χ0v) is 14.5. The van der Waals surface area contributed by atoms with Gasteiger partial charge in [-0.1, -0.05) is 18.2 Å². The number of carbonyl (C=O) groups is 1. The minimum atomic E-state index is -0.237. The minimum Gasteiger partial charge on any atom is -0.459 e. The van der Waals surface area contributed by atoms with E-state index >= 15 is 0 Å². The van der Waals surface area contributed by atoms with E-state index < -0.39 is 0 Å². The first-order valence-electron chi connectivity index (χ1n) is 8.79. The van der Waals surface area contributed by atoms with Crippen LogP contribution in [-0.2, 0) is 0 Å². The van der Waals surface area contributed by atoms with Crippen LogP contribution in [-0.4, -0.2) is 32.1 Å². The molecule has 1 fully saturated rings. The summed E-state index contributed by atoms with van der Waals surface area (Å²) in [5.41, 5.74) is 3.22. The monoisotopic (exact) mass is 347 g/mol. The van der Waals surface area contributed by atoms with Crippen molar-refractivity contribution < 1.29 is 9.21 Å². The molecule has 1 aliphatic heterocycles. The van der Waals surface area contributed by atoms with E-state index in [9.17, 15) is 4.79 Å². The van der Waals surface area contributed by atoms with E-state index in [0.29, 0.717) is 5.76 Å². The SMILES string of the molecule is O=C(Nc1ccc(N2CCN(c3ccccc3)CC2)cc1)c1ccco1. The van der Waals surface area contributed by atoms with Crippen LogP contribution in [0.5, 0.6) is 0 Å². The van der Waals surface area contributed by atoms with Gasteiger partial charge in [-0.25, -0.2) is 0 Å². The molecular weight excluding hydrogens is 326 g/mol. The molecule has 1 aliphatic rings. The summed E-state index contributed by atoms with van der Waals surface area (Å²) in [6.45, 7) is 3.96. The smallest absolute Gasteiger partial charge is 0.291 e. The Morgan fingerprint density at radius 3 is 1.96 bits per heavy atom. The van der Waals surface area contributed by atoms with Gasteiger partial charge in [0, 0.05) is 43.2 Å². The minimum absolute atomic E-state index is 0.237. The van der Waals surface area contributed by atoms with Gasteiger partial charge in [0.25, 0.3) is 5.91 Å². The molecule has 2 heterocycles. The number of nitrogens with one attached hydrogen (secondary N) is 1. The molecule has 0 unspecified atom stereocenters. The Morgan fingerprint density at radius 1 is 0.769 bits per heavy atom. The van der Waals surface area contributed by atoms with Gasteiger partial charge < -0.3 is 19.5 Å². The van der Waals surface area contributed by atoms with Gasteiger partial charge in [-0.2, -0.15) is 0 Å². The van der Waals surface area contributed by atoms with Gasteiger partial charge in [0.2, 0.25) is 0 Å². The van der Waals surface area contributed by atoms with E-state index in [4.69, 9.17) is 4.42 Å². The van der Waals surface area contributed by atoms with E-state index in [1.165, 1.54) is 17.6 Å². The van der Waals surface area contributed by atoms with Crippen molar-refractivity contribution in [3.8, 4) is 0 Å². The Kier molecular flexibility index (Phi) is 4.60. The van der Waals surface area contributed by atoms with Crippen LogP contribution in [0.15, 0.2) is 77.4 Å². The van der Waals surface area contributed by atoms with Crippen LogP contribution in [0.3, 0.4) is 0 Å². The molecule has 5 heteroatoms. The van der Waals surface area contributed by atoms with Crippen LogP contribution in [0, 0.1) is 0 Å². The third-order valence-electron chi connectivity index (χ3n) is 4.64. The zero-order valence-electron chi connectivity index (χ0n) is 14.5. The van der Waals surface area contributed by atoms with Crippen LogP contribution < -0.4 is 15.1 Å². The predicted molar refractivity (Wildman–Crippen MR) is 104 cm³/mol. The highest BCUT2D eigenvalue weighted by atomic mass is 16.3. The highest BCUT2D eigenvalue weighted by Gasteiger charge is 2.17. The number of hydrogen-bond donors (Lipinski definition) is 1. The normalized spacial score (nSPS) is 14.3. The molecule has 1 amide bonds. The van der Waals surface area contributed by atoms with E-state index in [1.807, 2.05) is 18.2 Å². The number of furan rings is 1. The standard InChI is InChI=1S/C21H21N3O2/c25-21(20-7-4-16-26-20)22-17-8-10-19(11-9-17)24-14-12-23(13-15-24)18-5-2-1-3-6-18/h1-11,16H,12-15H2,(H,22,25). The quantitative estimate of drug-likeness (QED) is 0.779. The van der Waals surface area contributed by atoms with Crippen LogP contribution in [0.25, 0.3) is 0 Å². The van der Waals surface area contributed by atoms with E-state index in [0.717, 1.165) is 31.9 Å². The molecule has 1 N–H and O–H groups in total. The number of anilines is 3. The van der Waals surface area contributed by atoms with Gasteiger partial charge in [-0.15, -0.1) is 0 Å². The largest absolute Gasteiger partial charge is 0.459 e. The lowest BCUT2D eigenvalue weighted by molar-refractivity contribution is 0.0996. The Morgan fingerprint density at radius 2 is 1.38 bits per heavy atom. The van der Waals surface area contributed by atoms with Crippen molar-refractivity contribution in [2.75, 3.05) is 41.3 Å². The molecule has 5 nitrogen and oxygen atoms in total. The van der Waals surface area contributed by atoms with Crippen molar-refractivity contribution >= 4 is 23.0 Å². The van der Waals surface area contributed by atoms with E-state index in [-0.39, 0.29) is 5.91 Å². The maximum Gasteiger partial charge on any atom is 0.291 e. The van der Waals surface area contributed by atoms with Crippen LogP contribution in [0.1, 0.15) is 10.6 Å². The number of carbonyl (C=O) groups excluding carboxylic acids is 1. The predicted octanol–water partition coefficient (Wildman–Crippen LogP) is 3.86. The maximum absolute atomic E-state index is 12.0. The van der Waals surface area contributed by atoms with Crippen molar-refractivity contribution in [1.82, 2.24) is 0 Å². The van der Waals surface area contributed by atoms with Crippen LogP contribution in [0.2, 0.25) is 0 Å². The topological polar surface area (TPSA) is 48.7 Å². The lowest BCUT2D eigenvalue weighted by Gasteiger charge is -2.37. The number of hydrogen-bond acceptors (Lipinski definition) is 4. The summed E-state index contributed by atoms with van der Waals surface area (Å²) in [7, 11) is 0. The average Bonchev–Trinajstić information content (AvgIpc) is 3.25. The molecule has 1 saturated heterocycles. The van der Waals surface area contributed by atoms with Crippen LogP contribution >= 0.6 is 0 Å².